The van der Waals surface area contributed by atoms with E-state index in [1.54, 1.807) is 36.7 Å². The van der Waals surface area contributed by atoms with Crippen LogP contribution < -0.4 is 10.1 Å². The minimum absolute atomic E-state index is 0.272. The summed E-state index contributed by atoms with van der Waals surface area (Å²) in [4.78, 5) is 15.8. The molecule has 5 nitrogen and oxygen atoms in total. The van der Waals surface area contributed by atoms with Crippen molar-refractivity contribution in [3.05, 3.63) is 71.0 Å². The van der Waals surface area contributed by atoms with Crippen molar-refractivity contribution in [3.63, 3.8) is 0 Å². The number of carbonyl (C=O) groups excluding carboxylic acids is 1. The van der Waals surface area contributed by atoms with Crippen molar-refractivity contribution in [1.29, 1.82) is 0 Å². The normalized spacial score (nSPS) is 10.5. The fraction of sp³-hybridized carbons (Fsp3) is 0.0588. The third-order valence-corrected chi connectivity index (χ3v) is 3.80. The topological polar surface area (TPSA) is 56.1 Å². The first-order valence-electron chi connectivity index (χ1n) is 7.18. The van der Waals surface area contributed by atoms with Crippen LogP contribution in [0.15, 0.2) is 55.1 Å². The van der Waals surface area contributed by atoms with Crippen molar-refractivity contribution in [2.45, 2.75) is 0 Å². The highest BCUT2D eigenvalue weighted by molar-refractivity contribution is 6.35. The molecule has 25 heavy (non-hydrogen) atoms. The van der Waals surface area contributed by atoms with E-state index in [1.165, 1.54) is 23.0 Å². The summed E-state index contributed by atoms with van der Waals surface area (Å²) in [6, 6.07) is 9.04. The standard InChI is InChI=1S/C17H12Cl2FN3O2/c18-11-1-4-16(13(19)7-11)25-9-17(24)22-12-2-3-15(14(20)8-12)23-6-5-21-10-23/h1-8,10H,9H2,(H,22,24). The fourth-order valence-corrected chi connectivity index (χ4v) is 2.59. The molecule has 3 aromatic rings. The van der Waals surface area contributed by atoms with E-state index in [-0.39, 0.29) is 6.61 Å². The van der Waals surface area contributed by atoms with Gasteiger partial charge in [0.05, 0.1) is 17.0 Å². The van der Waals surface area contributed by atoms with Crippen molar-refractivity contribution < 1.29 is 13.9 Å². The number of nitrogens with one attached hydrogen (secondary N) is 1. The van der Waals surface area contributed by atoms with Gasteiger partial charge >= 0.3 is 0 Å². The molecule has 0 aliphatic rings. The average Bonchev–Trinajstić information content (AvgIpc) is 3.08. The summed E-state index contributed by atoms with van der Waals surface area (Å²) in [5.41, 5.74) is 0.650. The summed E-state index contributed by atoms with van der Waals surface area (Å²) in [6.07, 6.45) is 4.66. The Morgan fingerprint density at radius 3 is 2.76 bits per heavy atom. The fourth-order valence-electron chi connectivity index (χ4n) is 2.13. The molecule has 3 rings (SSSR count). The molecule has 0 saturated heterocycles. The number of amides is 1. The number of ether oxygens (including phenoxy) is 1. The molecule has 1 aromatic heterocycles. The smallest absolute Gasteiger partial charge is 0.262 e. The van der Waals surface area contributed by atoms with Gasteiger partial charge in [0, 0.05) is 23.1 Å². The molecule has 0 radical (unpaired) electrons. The number of carbonyl (C=O) groups is 1. The van der Waals surface area contributed by atoms with Crippen molar-refractivity contribution in [2.24, 2.45) is 0 Å². The van der Waals surface area contributed by atoms with E-state index < -0.39 is 11.7 Å². The van der Waals surface area contributed by atoms with E-state index >= 15 is 0 Å². The second-order valence-electron chi connectivity index (χ2n) is 5.05. The van der Waals surface area contributed by atoms with Gasteiger partial charge in [0.2, 0.25) is 0 Å². The molecule has 128 valence electrons. The molecule has 0 saturated carbocycles. The van der Waals surface area contributed by atoms with Gasteiger partial charge < -0.3 is 14.6 Å². The highest BCUT2D eigenvalue weighted by atomic mass is 35.5. The van der Waals surface area contributed by atoms with Gasteiger partial charge in [-0.3, -0.25) is 4.79 Å². The summed E-state index contributed by atoms with van der Waals surface area (Å²) in [5, 5.41) is 3.33. The van der Waals surface area contributed by atoms with Crippen LogP contribution >= 0.6 is 23.2 Å². The van der Waals surface area contributed by atoms with E-state index in [1.807, 2.05) is 0 Å². The number of hydrogen-bond donors (Lipinski definition) is 1. The monoisotopic (exact) mass is 379 g/mol. The Morgan fingerprint density at radius 1 is 1.24 bits per heavy atom. The number of anilines is 1. The lowest BCUT2D eigenvalue weighted by Gasteiger charge is -2.10. The third kappa shape index (κ3) is 4.29. The molecule has 0 aliphatic carbocycles. The van der Waals surface area contributed by atoms with Crippen LogP contribution in [0, 0.1) is 5.82 Å². The van der Waals surface area contributed by atoms with Crippen LogP contribution in [-0.4, -0.2) is 22.1 Å². The van der Waals surface area contributed by atoms with Gasteiger partial charge in [-0.25, -0.2) is 9.37 Å². The number of hydrogen-bond acceptors (Lipinski definition) is 3. The zero-order valence-electron chi connectivity index (χ0n) is 12.7. The highest BCUT2D eigenvalue weighted by Crippen LogP contribution is 2.27. The summed E-state index contributed by atoms with van der Waals surface area (Å²) in [5.74, 6) is -0.596. The second-order valence-corrected chi connectivity index (χ2v) is 5.89. The lowest BCUT2D eigenvalue weighted by Crippen LogP contribution is -2.20. The molecule has 1 amide bonds. The quantitative estimate of drug-likeness (QED) is 0.717. The maximum absolute atomic E-state index is 14.1. The lowest BCUT2D eigenvalue weighted by molar-refractivity contribution is -0.118. The van der Waals surface area contributed by atoms with Gasteiger partial charge in [0.25, 0.3) is 5.91 Å². The molecule has 0 bridgehead atoms. The predicted octanol–water partition coefficient (Wildman–Crippen LogP) is 4.34. The van der Waals surface area contributed by atoms with Crippen molar-refractivity contribution >= 4 is 34.8 Å². The molecule has 0 fully saturated rings. The van der Waals surface area contributed by atoms with Gasteiger partial charge in [-0.1, -0.05) is 23.2 Å². The van der Waals surface area contributed by atoms with Crippen LogP contribution in [0.25, 0.3) is 5.69 Å². The van der Waals surface area contributed by atoms with Gasteiger partial charge in [-0.15, -0.1) is 0 Å². The van der Waals surface area contributed by atoms with Crippen LogP contribution in [0.2, 0.25) is 10.0 Å². The van der Waals surface area contributed by atoms with Crippen LogP contribution in [0.3, 0.4) is 0 Å². The van der Waals surface area contributed by atoms with Gasteiger partial charge in [0.1, 0.15) is 11.6 Å². The summed E-state index contributed by atoms with van der Waals surface area (Å²) in [7, 11) is 0. The Labute approximate surface area is 153 Å². The lowest BCUT2D eigenvalue weighted by atomic mass is 10.2. The first-order chi connectivity index (χ1) is 12.0. The molecule has 1 heterocycles. The molecule has 0 unspecified atom stereocenters. The first-order valence-corrected chi connectivity index (χ1v) is 7.94. The van der Waals surface area contributed by atoms with E-state index in [9.17, 15) is 9.18 Å². The van der Waals surface area contributed by atoms with E-state index in [0.717, 1.165) is 0 Å². The zero-order chi connectivity index (χ0) is 17.8. The van der Waals surface area contributed by atoms with Crippen molar-refractivity contribution in [3.8, 4) is 11.4 Å². The minimum Gasteiger partial charge on any atom is -0.482 e. The number of halogens is 3. The molecule has 0 aliphatic heterocycles. The molecule has 8 heteroatoms. The first kappa shape index (κ1) is 17.3. The van der Waals surface area contributed by atoms with Crippen LogP contribution in [0.5, 0.6) is 5.75 Å². The average molecular weight is 380 g/mol. The third-order valence-electron chi connectivity index (χ3n) is 3.27. The van der Waals surface area contributed by atoms with Crippen LogP contribution in [-0.2, 0) is 4.79 Å². The number of aromatic nitrogens is 2. The number of imidazole rings is 1. The Balaban J connectivity index is 1.62. The Morgan fingerprint density at radius 2 is 2.08 bits per heavy atom. The van der Waals surface area contributed by atoms with Crippen molar-refractivity contribution in [2.75, 3.05) is 11.9 Å². The second kappa shape index (κ2) is 7.55. The predicted molar refractivity (Wildman–Crippen MR) is 94.1 cm³/mol. The molecule has 2 aromatic carbocycles. The van der Waals surface area contributed by atoms with E-state index in [4.69, 9.17) is 27.9 Å². The van der Waals surface area contributed by atoms with E-state index in [0.29, 0.717) is 27.2 Å². The molecule has 0 atom stereocenters. The molecular weight excluding hydrogens is 368 g/mol. The SMILES string of the molecule is O=C(COc1ccc(Cl)cc1Cl)Nc1ccc(-n2ccnc2)c(F)c1. The molecular formula is C17H12Cl2FN3O2. The van der Waals surface area contributed by atoms with Crippen LogP contribution in [0.1, 0.15) is 0 Å². The summed E-state index contributed by atoms with van der Waals surface area (Å²) < 4.78 is 21.0. The van der Waals surface area contributed by atoms with E-state index in [2.05, 4.69) is 10.3 Å². The molecule has 0 spiro atoms. The Bertz CT molecular complexity index is 901. The summed E-state index contributed by atoms with van der Waals surface area (Å²) >= 11 is 11.8. The van der Waals surface area contributed by atoms with Gasteiger partial charge in [0.15, 0.2) is 6.61 Å². The van der Waals surface area contributed by atoms with Gasteiger partial charge in [-0.2, -0.15) is 0 Å². The number of benzene rings is 2. The Kier molecular flexibility index (Phi) is 5.21. The van der Waals surface area contributed by atoms with Gasteiger partial charge in [-0.05, 0) is 36.4 Å². The maximum Gasteiger partial charge on any atom is 0.262 e. The highest BCUT2D eigenvalue weighted by Gasteiger charge is 2.10. The number of rotatable bonds is 5. The minimum atomic E-state index is -0.488. The summed E-state index contributed by atoms with van der Waals surface area (Å²) in [6.45, 7) is -0.272. The number of nitrogens with zero attached hydrogens (tertiary/aromatic N) is 2. The largest absolute Gasteiger partial charge is 0.482 e. The van der Waals surface area contributed by atoms with Crippen molar-refractivity contribution in [1.82, 2.24) is 9.55 Å². The zero-order valence-corrected chi connectivity index (χ0v) is 14.3. The maximum atomic E-state index is 14.1. The molecule has 1 N–H and O–H groups in total. The van der Waals surface area contributed by atoms with Crippen LogP contribution in [0.4, 0.5) is 10.1 Å². The Hall–Kier alpha value is -2.57.